The highest BCUT2D eigenvalue weighted by Gasteiger charge is 2.39. The molecule has 0 saturated carbocycles. The third kappa shape index (κ3) is 3.59. The maximum atomic E-state index is 14.4. The molecular weight excluding hydrogens is 526 g/mol. The molecule has 8 rings (SSSR count). The Bertz CT molecular complexity index is 2180. The summed E-state index contributed by atoms with van der Waals surface area (Å²) in [7, 11) is 0. The highest BCUT2D eigenvalue weighted by Crippen LogP contribution is 2.60. The van der Waals surface area contributed by atoms with Crippen molar-refractivity contribution >= 4 is 55.8 Å². The van der Waals surface area contributed by atoms with E-state index in [1.165, 1.54) is 11.1 Å². The number of rotatable bonds is 1. The lowest BCUT2D eigenvalue weighted by atomic mass is 9.84. The van der Waals surface area contributed by atoms with Gasteiger partial charge in [0, 0.05) is 16.5 Å². The molecule has 2 aliphatic heterocycles. The summed E-state index contributed by atoms with van der Waals surface area (Å²) in [4.78, 5) is 19.2. The van der Waals surface area contributed by atoms with Gasteiger partial charge in [0.15, 0.2) is 0 Å². The van der Waals surface area contributed by atoms with Crippen LogP contribution in [0.3, 0.4) is 0 Å². The summed E-state index contributed by atoms with van der Waals surface area (Å²) < 4.78 is 1.97. The number of nitrogens with zero attached hydrogens (tertiary/aromatic N) is 3. The Morgan fingerprint density at radius 1 is 0.488 bits per heavy atom. The van der Waals surface area contributed by atoms with Gasteiger partial charge < -0.3 is 9.80 Å². The lowest BCUT2D eigenvalue weighted by molar-refractivity contribution is 0.590. The van der Waals surface area contributed by atoms with E-state index in [-0.39, 0.29) is 16.4 Å². The van der Waals surface area contributed by atoms with Crippen molar-refractivity contribution in [3.63, 3.8) is 0 Å². The van der Waals surface area contributed by atoms with Crippen molar-refractivity contribution in [2.24, 2.45) is 0 Å². The summed E-state index contributed by atoms with van der Waals surface area (Å²) in [5, 5.41) is 2.80. The Balaban J connectivity index is 1.60. The maximum Gasteiger partial charge on any atom is 0.263 e. The van der Waals surface area contributed by atoms with Gasteiger partial charge in [0.2, 0.25) is 0 Å². The normalized spacial score (nSPS) is 13.8. The highest BCUT2D eigenvalue weighted by atomic mass is 16.1. The number of para-hydroxylation sites is 1. The second kappa shape index (κ2) is 8.61. The van der Waals surface area contributed by atoms with Crippen molar-refractivity contribution in [3.8, 4) is 5.69 Å². The zero-order chi connectivity index (χ0) is 29.8. The van der Waals surface area contributed by atoms with Crippen LogP contribution >= 0.6 is 0 Å². The van der Waals surface area contributed by atoms with E-state index in [1.807, 2.05) is 22.8 Å². The van der Waals surface area contributed by atoms with Crippen LogP contribution in [0.25, 0.3) is 27.4 Å². The quantitative estimate of drug-likeness (QED) is 0.187. The molecule has 212 valence electrons. The number of hydrogen-bond donors (Lipinski definition) is 0. The van der Waals surface area contributed by atoms with Crippen molar-refractivity contribution in [2.45, 2.75) is 52.4 Å². The summed E-state index contributed by atoms with van der Waals surface area (Å²) in [5.41, 5.74) is 10.8. The van der Waals surface area contributed by atoms with Gasteiger partial charge in [0.1, 0.15) is 0 Å². The molecule has 0 saturated heterocycles. The van der Waals surface area contributed by atoms with Crippen molar-refractivity contribution in [3.05, 3.63) is 125 Å². The van der Waals surface area contributed by atoms with Crippen LogP contribution in [0.4, 0.5) is 34.1 Å². The predicted molar refractivity (Wildman–Crippen MR) is 181 cm³/mol. The number of hydrogen-bond acceptors (Lipinski definition) is 3. The number of pyridine rings is 1. The second-order valence-electron chi connectivity index (χ2n) is 13.9. The lowest BCUT2D eigenvalue weighted by Crippen LogP contribution is -2.32. The Morgan fingerprint density at radius 3 is 1.70 bits per heavy atom. The second-order valence-corrected chi connectivity index (χ2v) is 13.9. The third-order valence-electron chi connectivity index (χ3n) is 9.13. The molecule has 0 N–H and O–H groups in total. The van der Waals surface area contributed by atoms with Crippen LogP contribution < -0.4 is 15.4 Å². The summed E-state index contributed by atoms with van der Waals surface area (Å²) in [6, 6.07) is 36.5. The standard InChI is InChI=1S/C39H35N3O/c1-38(2,3)24-16-19-30-33(22-24)41-34-23-25(39(4,5)6)17-20-31(34)42-35-28(27-14-10-11-15-29(27)37(42)43)18-21-32(36(35)41)40(30)26-12-8-7-9-13-26/h7-23H,1-6H3. The minimum Gasteiger partial charge on any atom is -0.306 e. The highest BCUT2D eigenvalue weighted by molar-refractivity contribution is 6.19. The first kappa shape index (κ1) is 25.8. The van der Waals surface area contributed by atoms with E-state index in [2.05, 4.69) is 136 Å². The Morgan fingerprint density at radius 2 is 1.05 bits per heavy atom. The molecule has 5 aromatic carbocycles. The topological polar surface area (TPSA) is 28.5 Å². The zero-order valence-electron chi connectivity index (χ0n) is 25.6. The predicted octanol–water partition coefficient (Wildman–Crippen LogP) is 10.3. The van der Waals surface area contributed by atoms with Crippen LogP contribution in [0.5, 0.6) is 0 Å². The molecule has 4 heteroatoms. The number of aromatic nitrogens is 1. The van der Waals surface area contributed by atoms with Gasteiger partial charge in [0.05, 0.1) is 39.6 Å². The van der Waals surface area contributed by atoms with Gasteiger partial charge in [-0.2, -0.15) is 0 Å². The molecular formula is C39H35N3O. The smallest absolute Gasteiger partial charge is 0.263 e. The molecule has 0 spiro atoms. The molecule has 0 bridgehead atoms. The maximum absolute atomic E-state index is 14.4. The fraction of sp³-hybridized carbons (Fsp3) is 0.205. The van der Waals surface area contributed by atoms with Crippen molar-refractivity contribution in [1.29, 1.82) is 0 Å². The first-order chi connectivity index (χ1) is 20.5. The van der Waals surface area contributed by atoms with E-state index in [9.17, 15) is 4.79 Å². The van der Waals surface area contributed by atoms with Gasteiger partial charge in [-0.05, 0) is 81.9 Å². The van der Waals surface area contributed by atoms with Crippen LogP contribution in [0.1, 0.15) is 52.7 Å². The van der Waals surface area contributed by atoms with Gasteiger partial charge in [-0.25, -0.2) is 0 Å². The van der Waals surface area contributed by atoms with E-state index in [0.717, 1.165) is 61.5 Å². The summed E-state index contributed by atoms with van der Waals surface area (Å²) in [6.07, 6.45) is 0. The van der Waals surface area contributed by atoms with Crippen LogP contribution in [0, 0.1) is 0 Å². The van der Waals surface area contributed by atoms with E-state index < -0.39 is 0 Å². The average molecular weight is 562 g/mol. The molecule has 6 aromatic rings. The van der Waals surface area contributed by atoms with Crippen molar-refractivity contribution in [1.82, 2.24) is 4.57 Å². The largest absolute Gasteiger partial charge is 0.306 e. The van der Waals surface area contributed by atoms with Gasteiger partial charge in [0.25, 0.3) is 5.56 Å². The molecule has 0 fully saturated rings. The molecule has 43 heavy (non-hydrogen) atoms. The zero-order valence-corrected chi connectivity index (χ0v) is 25.6. The monoisotopic (exact) mass is 561 g/mol. The van der Waals surface area contributed by atoms with Crippen LogP contribution in [0.15, 0.2) is 108 Å². The molecule has 1 aromatic heterocycles. The van der Waals surface area contributed by atoms with E-state index in [1.54, 1.807) is 0 Å². The number of benzene rings is 5. The molecule has 0 radical (unpaired) electrons. The minimum atomic E-state index is -0.0551. The third-order valence-corrected chi connectivity index (χ3v) is 9.13. The summed E-state index contributed by atoms with van der Waals surface area (Å²) in [5.74, 6) is 0. The van der Waals surface area contributed by atoms with E-state index in [0.29, 0.717) is 0 Å². The molecule has 4 nitrogen and oxygen atoms in total. The average Bonchev–Trinajstić information content (AvgIpc) is 2.99. The van der Waals surface area contributed by atoms with E-state index in [4.69, 9.17) is 0 Å². The van der Waals surface area contributed by atoms with Gasteiger partial charge >= 0.3 is 0 Å². The van der Waals surface area contributed by atoms with Crippen LogP contribution in [0.2, 0.25) is 0 Å². The SMILES string of the molecule is CC(C)(C)c1ccc2c(c1)N1c3cc(C(C)(C)C)ccc3-n3c(=O)c4ccccc4c4ccc(c1c43)N2c1ccccc1. The van der Waals surface area contributed by atoms with Gasteiger partial charge in [-0.3, -0.25) is 9.36 Å². The van der Waals surface area contributed by atoms with Crippen LogP contribution in [-0.4, -0.2) is 4.57 Å². The Hall–Kier alpha value is -4.83. The van der Waals surface area contributed by atoms with Crippen molar-refractivity contribution in [2.75, 3.05) is 9.80 Å². The molecule has 0 aliphatic carbocycles. The lowest BCUT2D eigenvalue weighted by Gasteiger charge is -2.44. The fourth-order valence-electron chi connectivity index (χ4n) is 6.84. The molecule has 0 unspecified atom stereocenters. The van der Waals surface area contributed by atoms with Crippen molar-refractivity contribution < 1.29 is 0 Å². The Kier molecular flexibility index (Phi) is 5.17. The first-order valence-electron chi connectivity index (χ1n) is 15.1. The molecule has 3 heterocycles. The number of fused-ring (bicyclic) bond motifs is 7. The first-order valence-corrected chi connectivity index (χ1v) is 15.1. The minimum absolute atomic E-state index is 0.0152. The number of anilines is 6. The fourth-order valence-corrected chi connectivity index (χ4v) is 6.84. The van der Waals surface area contributed by atoms with Crippen LogP contribution in [-0.2, 0) is 10.8 Å². The van der Waals surface area contributed by atoms with E-state index >= 15 is 0 Å². The molecule has 2 aliphatic rings. The van der Waals surface area contributed by atoms with Gasteiger partial charge in [-0.1, -0.05) is 90.1 Å². The molecule has 0 amide bonds. The van der Waals surface area contributed by atoms with Gasteiger partial charge in [-0.15, -0.1) is 0 Å². The summed E-state index contributed by atoms with van der Waals surface area (Å²) in [6.45, 7) is 13.5. The Labute approximate surface area is 252 Å². The molecule has 0 atom stereocenters. The summed E-state index contributed by atoms with van der Waals surface area (Å²) >= 11 is 0.